The fraction of sp³-hybridized carbons (Fsp3) is 0.182. The number of benzene rings is 1. The average Bonchev–Trinajstić information content (AvgIpc) is 2.84. The first-order valence-electron chi connectivity index (χ1n) is 5.20. The van der Waals surface area contributed by atoms with Crippen molar-refractivity contribution in [2.75, 3.05) is 12.9 Å². The van der Waals surface area contributed by atoms with E-state index >= 15 is 0 Å². The van der Waals surface area contributed by atoms with Crippen molar-refractivity contribution in [3.05, 3.63) is 29.0 Å². The van der Waals surface area contributed by atoms with Crippen LogP contribution in [0.4, 0.5) is 0 Å². The topological polar surface area (TPSA) is 77.2 Å². The summed E-state index contributed by atoms with van der Waals surface area (Å²) in [6, 6.07) is 5.52. The SMILES string of the molecule is COc1ccc(Br)cc1-n1cnnc1SCC(=O)O. The van der Waals surface area contributed by atoms with E-state index in [1.165, 1.54) is 6.33 Å². The lowest BCUT2D eigenvalue weighted by Gasteiger charge is -2.11. The molecule has 2 aromatic rings. The van der Waals surface area contributed by atoms with Gasteiger partial charge < -0.3 is 9.84 Å². The highest BCUT2D eigenvalue weighted by molar-refractivity contribution is 9.10. The normalized spacial score (nSPS) is 10.4. The number of carboxylic acid groups (broad SMARTS) is 1. The molecule has 0 aliphatic rings. The summed E-state index contributed by atoms with van der Waals surface area (Å²) >= 11 is 4.49. The molecule has 1 N–H and O–H groups in total. The van der Waals surface area contributed by atoms with Crippen LogP contribution in [0.15, 0.2) is 34.2 Å². The van der Waals surface area contributed by atoms with Gasteiger partial charge in [0.05, 0.1) is 18.6 Å². The summed E-state index contributed by atoms with van der Waals surface area (Å²) in [7, 11) is 1.57. The zero-order chi connectivity index (χ0) is 13.8. The Labute approximate surface area is 121 Å². The minimum Gasteiger partial charge on any atom is -0.495 e. The molecule has 0 radical (unpaired) electrons. The Hall–Kier alpha value is -1.54. The molecular formula is C11H10BrN3O3S. The summed E-state index contributed by atoms with van der Waals surface area (Å²) in [5.74, 6) is -0.324. The quantitative estimate of drug-likeness (QED) is 0.838. The van der Waals surface area contributed by atoms with Gasteiger partial charge in [0.2, 0.25) is 0 Å². The van der Waals surface area contributed by atoms with Crippen LogP contribution in [-0.2, 0) is 4.79 Å². The van der Waals surface area contributed by atoms with E-state index in [0.29, 0.717) is 10.9 Å². The van der Waals surface area contributed by atoms with Crippen molar-refractivity contribution in [3.8, 4) is 11.4 Å². The van der Waals surface area contributed by atoms with Gasteiger partial charge in [-0.15, -0.1) is 10.2 Å². The largest absolute Gasteiger partial charge is 0.495 e. The Morgan fingerprint density at radius 3 is 3.05 bits per heavy atom. The third-order valence-electron chi connectivity index (χ3n) is 2.24. The van der Waals surface area contributed by atoms with Crippen LogP contribution in [0.2, 0.25) is 0 Å². The number of carbonyl (C=O) groups is 1. The lowest BCUT2D eigenvalue weighted by atomic mass is 10.3. The molecule has 8 heteroatoms. The number of halogens is 1. The smallest absolute Gasteiger partial charge is 0.313 e. The molecule has 0 unspecified atom stereocenters. The molecule has 19 heavy (non-hydrogen) atoms. The van der Waals surface area contributed by atoms with Gasteiger partial charge >= 0.3 is 5.97 Å². The first-order chi connectivity index (χ1) is 9.11. The maximum absolute atomic E-state index is 10.6. The molecule has 6 nitrogen and oxygen atoms in total. The Morgan fingerprint density at radius 2 is 2.37 bits per heavy atom. The molecule has 0 atom stereocenters. The Bertz CT molecular complexity index is 603. The summed E-state index contributed by atoms with van der Waals surface area (Å²) < 4.78 is 7.85. The highest BCUT2D eigenvalue weighted by Crippen LogP contribution is 2.29. The Morgan fingerprint density at radius 1 is 1.58 bits per heavy atom. The minimum absolute atomic E-state index is 0.0744. The monoisotopic (exact) mass is 343 g/mol. The Kier molecular flexibility index (Phi) is 4.43. The number of rotatable bonds is 5. The molecule has 1 heterocycles. The molecule has 2 rings (SSSR count). The van der Waals surface area contributed by atoms with Gasteiger partial charge in [-0.25, -0.2) is 0 Å². The molecule has 0 saturated carbocycles. The van der Waals surface area contributed by atoms with Gasteiger partial charge in [-0.2, -0.15) is 0 Å². The predicted molar refractivity (Wildman–Crippen MR) is 74.0 cm³/mol. The third-order valence-corrected chi connectivity index (χ3v) is 3.66. The van der Waals surface area contributed by atoms with Crippen molar-refractivity contribution in [1.29, 1.82) is 0 Å². The molecule has 0 bridgehead atoms. The standard InChI is InChI=1S/C11H10BrN3O3S/c1-18-9-3-2-7(12)4-8(9)15-6-13-14-11(15)19-5-10(16)17/h2-4,6H,5H2,1H3,(H,16,17). The van der Waals surface area contributed by atoms with E-state index in [1.54, 1.807) is 11.7 Å². The zero-order valence-electron chi connectivity index (χ0n) is 9.91. The summed E-state index contributed by atoms with van der Waals surface area (Å²) in [4.78, 5) is 10.6. The van der Waals surface area contributed by atoms with Crippen molar-refractivity contribution in [2.45, 2.75) is 5.16 Å². The van der Waals surface area contributed by atoms with Crippen LogP contribution in [0.3, 0.4) is 0 Å². The number of carboxylic acids is 1. The van der Waals surface area contributed by atoms with Gasteiger partial charge in [-0.05, 0) is 18.2 Å². The number of thioether (sulfide) groups is 1. The van der Waals surface area contributed by atoms with Gasteiger partial charge in [0.15, 0.2) is 5.16 Å². The number of nitrogens with zero attached hydrogens (tertiary/aromatic N) is 3. The summed E-state index contributed by atoms with van der Waals surface area (Å²) in [5, 5.41) is 16.9. The number of methoxy groups -OCH3 is 1. The summed E-state index contributed by atoms with van der Waals surface area (Å²) in [6.45, 7) is 0. The third kappa shape index (κ3) is 3.27. The number of hydrogen-bond donors (Lipinski definition) is 1. The second-order valence-electron chi connectivity index (χ2n) is 3.48. The van der Waals surface area contributed by atoms with Crippen molar-refractivity contribution in [3.63, 3.8) is 0 Å². The number of hydrogen-bond acceptors (Lipinski definition) is 5. The molecule has 0 fully saturated rings. The van der Waals surface area contributed by atoms with Gasteiger partial charge in [0.1, 0.15) is 12.1 Å². The number of aliphatic carboxylic acids is 1. The van der Waals surface area contributed by atoms with Crippen LogP contribution >= 0.6 is 27.7 Å². The molecular weight excluding hydrogens is 334 g/mol. The predicted octanol–water partition coefficient (Wildman–Crippen LogP) is 2.22. The molecule has 0 aliphatic carbocycles. The molecule has 100 valence electrons. The van der Waals surface area contributed by atoms with Crippen molar-refractivity contribution in [2.24, 2.45) is 0 Å². The van der Waals surface area contributed by atoms with E-state index in [9.17, 15) is 4.79 Å². The molecule has 0 aliphatic heterocycles. The second kappa shape index (κ2) is 6.07. The molecule has 0 spiro atoms. The van der Waals surface area contributed by atoms with Crippen molar-refractivity contribution in [1.82, 2.24) is 14.8 Å². The second-order valence-corrected chi connectivity index (χ2v) is 5.34. The van der Waals surface area contributed by atoms with Gasteiger partial charge in [0, 0.05) is 4.47 Å². The molecule has 0 amide bonds. The lowest BCUT2D eigenvalue weighted by molar-refractivity contribution is -0.133. The highest BCUT2D eigenvalue weighted by atomic mass is 79.9. The van der Waals surface area contributed by atoms with Crippen molar-refractivity contribution >= 4 is 33.7 Å². The maximum Gasteiger partial charge on any atom is 0.313 e. The molecule has 1 aromatic carbocycles. The Balaban J connectivity index is 2.39. The summed E-state index contributed by atoms with van der Waals surface area (Å²) in [6.07, 6.45) is 1.52. The first kappa shape index (κ1) is 13.9. The minimum atomic E-state index is -0.902. The van der Waals surface area contributed by atoms with Crippen LogP contribution in [-0.4, -0.2) is 38.7 Å². The number of aromatic nitrogens is 3. The van der Waals surface area contributed by atoms with E-state index < -0.39 is 5.97 Å². The van der Waals surface area contributed by atoms with Crippen molar-refractivity contribution < 1.29 is 14.6 Å². The van der Waals surface area contributed by atoms with Gasteiger partial charge in [0.25, 0.3) is 0 Å². The number of ether oxygens (including phenoxy) is 1. The van der Waals surface area contributed by atoms with Crippen LogP contribution in [0, 0.1) is 0 Å². The average molecular weight is 344 g/mol. The van der Waals surface area contributed by atoms with Crippen LogP contribution in [0.1, 0.15) is 0 Å². The van der Waals surface area contributed by atoms with Gasteiger partial charge in [-0.1, -0.05) is 27.7 Å². The molecule has 1 aromatic heterocycles. The fourth-order valence-electron chi connectivity index (χ4n) is 1.47. The van der Waals surface area contributed by atoms with E-state index in [2.05, 4.69) is 26.1 Å². The fourth-order valence-corrected chi connectivity index (χ4v) is 2.46. The lowest BCUT2D eigenvalue weighted by Crippen LogP contribution is -2.02. The van der Waals surface area contributed by atoms with E-state index in [-0.39, 0.29) is 5.75 Å². The van der Waals surface area contributed by atoms with E-state index in [4.69, 9.17) is 9.84 Å². The van der Waals surface area contributed by atoms with Crippen LogP contribution in [0.25, 0.3) is 5.69 Å². The van der Waals surface area contributed by atoms with E-state index in [1.807, 2.05) is 18.2 Å². The maximum atomic E-state index is 10.6. The van der Waals surface area contributed by atoms with E-state index in [0.717, 1.165) is 21.9 Å². The molecule has 0 saturated heterocycles. The highest BCUT2D eigenvalue weighted by Gasteiger charge is 2.13. The van der Waals surface area contributed by atoms with Crippen LogP contribution < -0.4 is 4.74 Å². The van der Waals surface area contributed by atoms with Gasteiger partial charge in [-0.3, -0.25) is 9.36 Å². The van der Waals surface area contributed by atoms with Crippen LogP contribution in [0.5, 0.6) is 5.75 Å². The summed E-state index contributed by atoms with van der Waals surface area (Å²) in [5.41, 5.74) is 0.745. The first-order valence-corrected chi connectivity index (χ1v) is 6.98. The zero-order valence-corrected chi connectivity index (χ0v) is 12.3.